The largest absolute Gasteiger partial charge is 0.389 e. The molecular formula is C15H21BrN2O2S. The minimum absolute atomic E-state index is 0.0578. The number of thiophene rings is 1. The Morgan fingerprint density at radius 1 is 1.38 bits per heavy atom. The Kier molecular flexibility index (Phi) is 5.60. The quantitative estimate of drug-likeness (QED) is 0.825. The van der Waals surface area contributed by atoms with E-state index in [9.17, 15) is 9.90 Å². The third-order valence-corrected chi connectivity index (χ3v) is 4.87. The summed E-state index contributed by atoms with van der Waals surface area (Å²) in [4.78, 5) is 17.3. The van der Waals surface area contributed by atoms with Gasteiger partial charge in [0, 0.05) is 43.7 Å². The van der Waals surface area contributed by atoms with Gasteiger partial charge in [-0.1, -0.05) is 0 Å². The minimum atomic E-state index is -0.682. The molecule has 0 saturated carbocycles. The van der Waals surface area contributed by atoms with E-state index < -0.39 is 5.60 Å². The fourth-order valence-corrected chi connectivity index (χ4v) is 3.68. The standard InChI is InChI=1S/C15H21BrN2O2S/c1-15(2,20)11-17-7-9-18(10-8-17)14(19)6-4-12-3-5-13(16)21-12/h3-6,20H,7-11H2,1-2H3. The van der Waals surface area contributed by atoms with E-state index in [4.69, 9.17) is 0 Å². The zero-order valence-electron chi connectivity index (χ0n) is 12.4. The molecule has 0 aliphatic carbocycles. The summed E-state index contributed by atoms with van der Waals surface area (Å²) < 4.78 is 1.06. The number of amides is 1. The highest BCUT2D eigenvalue weighted by Gasteiger charge is 2.24. The molecule has 1 N–H and O–H groups in total. The first-order chi connectivity index (χ1) is 9.83. The number of carbonyl (C=O) groups is 1. The Labute approximate surface area is 138 Å². The molecule has 21 heavy (non-hydrogen) atoms. The Hall–Kier alpha value is -0.690. The van der Waals surface area contributed by atoms with E-state index in [-0.39, 0.29) is 5.91 Å². The van der Waals surface area contributed by atoms with Crippen molar-refractivity contribution in [3.8, 4) is 0 Å². The lowest BCUT2D eigenvalue weighted by Gasteiger charge is -2.36. The van der Waals surface area contributed by atoms with Gasteiger partial charge in [-0.05, 0) is 48.0 Å². The lowest BCUT2D eigenvalue weighted by molar-refractivity contribution is -0.128. The first-order valence-electron chi connectivity index (χ1n) is 7.00. The van der Waals surface area contributed by atoms with Gasteiger partial charge in [-0.3, -0.25) is 9.69 Å². The van der Waals surface area contributed by atoms with Crippen molar-refractivity contribution in [3.05, 3.63) is 26.9 Å². The minimum Gasteiger partial charge on any atom is -0.389 e. The molecule has 0 bridgehead atoms. The molecule has 1 aliphatic heterocycles. The maximum atomic E-state index is 12.1. The smallest absolute Gasteiger partial charge is 0.246 e. The third-order valence-electron chi connectivity index (χ3n) is 3.28. The van der Waals surface area contributed by atoms with Crippen LogP contribution in [-0.4, -0.2) is 59.1 Å². The van der Waals surface area contributed by atoms with Crippen LogP contribution in [0, 0.1) is 0 Å². The number of nitrogens with zero attached hydrogens (tertiary/aromatic N) is 2. The first-order valence-corrected chi connectivity index (χ1v) is 8.61. The highest BCUT2D eigenvalue weighted by atomic mass is 79.9. The number of piperazine rings is 1. The maximum absolute atomic E-state index is 12.1. The van der Waals surface area contributed by atoms with Gasteiger partial charge in [0.05, 0.1) is 9.39 Å². The molecule has 4 nitrogen and oxygen atoms in total. The second-order valence-electron chi connectivity index (χ2n) is 5.89. The summed E-state index contributed by atoms with van der Waals surface area (Å²) in [6.45, 7) is 7.33. The van der Waals surface area contributed by atoms with Crippen molar-refractivity contribution < 1.29 is 9.90 Å². The van der Waals surface area contributed by atoms with E-state index in [1.54, 1.807) is 17.4 Å². The predicted molar refractivity (Wildman–Crippen MR) is 90.4 cm³/mol. The molecule has 0 atom stereocenters. The van der Waals surface area contributed by atoms with Gasteiger partial charge in [-0.15, -0.1) is 11.3 Å². The van der Waals surface area contributed by atoms with Crippen LogP contribution < -0.4 is 0 Å². The Morgan fingerprint density at radius 2 is 2.05 bits per heavy atom. The van der Waals surface area contributed by atoms with E-state index in [1.165, 1.54) is 0 Å². The molecule has 0 radical (unpaired) electrons. The summed E-state index contributed by atoms with van der Waals surface area (Å²) in [5.41, 5.74) is -0.682. The summed E-state index contributed by atoms with van der Waals surface area (Å²) in [5, 5.41) is 9.82. The van der Waals surface area contributed by atoms with Crippen molar-refractivity contribution >= 4 is 39.2 Å². The van der Waals surface area contributed by atoms with Crippen LogP contribution in [0.3, 0.4) is 0 Å². The third kappa shape index (κ3) is 5.54. The van der Waals surface area contributed by atoms with Gasteiger partial charge in [0.25, 0.3) is 0 Å². The number of carbonyl (C=O) groups excluding carboxylic acids is 1. The summed E-state index contributed by atoms with van der Waals surface area (Å²) >= 11 is 5.02. The molecule has 1 aliphatic rings. The molecule has 1 aromatic heterocycles. The molecule has 1 aromatic rings. The van der Waals surface area contributed by atoms with Crippen LogP contribution in [0.5, 0.6) is 0 Å². The monoisotopic (exact) mass is 372 g/mol. The van der Waals surface area contributed by atoms with Crippen molar-refractivity contribution in [2.45, 2.75) is 19.4 Å². The summed E-state index contributed by atoms with van der Waals surface area (Å²) in [7, 11) is 0. The SMILES string of the molecule is CC(C)(O)CN1CCN(C(=O)C=Cc2ccc(Br)s2)CC1. The number of hydrogen-bond acceptors (Lipinski definition) is 4. The van der Waals surface area contributed by atoms with Gasteiger partial charge in [0.2, 0.25) is 5.91 Å². The predicted octanol–water partition coefficient (Wildman–Crippen LogP) is 2.44. The average molecular weight is 373 g/mol. The van der Waals surface area contributed by atoms with E-state index in [1.807, 2.05) is 37.0 Å². The first kappa shape index (κ1) is 16.7. The molecule has 0 spiro atoms. The van der Waals surface area contributed by atoms with Crippen molar-refractivity contribution in [3.63, 3.8) is 0 Å². The van der Waals surface area contributed by atoms with Gasteiger partial charge in [-0.2, -0.15) is 0 Å². The Morgan fingerprint density at radius 3 is 2.57 bits per heavy atom. The highest BCUT2D eigenvalue weighted by molar-refractivity contribution is 9.11. The molecule has 2 heterocycles. The van der Waals surface area contributed by atoms with Crippen LogP contribution in [0.25, 0.3) is 6.08 Å². The zero-order valence-corrected chi connectivity index (χ0v) is 14.8. The lowest BCUT2D eigenvalue weighted by Crippen LogP contribution is -2.51. The van der Waals surface area contributed by atoms with Gasteiger partial charge in [0.15, 0.2) is 0 Å². The van der Waals surface area contributed by atoms with Crippen molar-refractivity contribution in [1.82, 2.24) is 9.80 Å². The molecule has 1 fully saturated rings. The number of β-amino-alcohol motifs (C(OH)–C–C–N with tert-alkyl or cyclic N) is 1. The molecule has 1 saturated heterocycles. The van der Waals surface area contributed by atoms with Gasteiger partial charge in [0.1, 0.15) is 0 Å². The van der Waals surface area contributed by atoms with Crippen LogP contribution in [0.1, 0.15) is 18.7 Å². The van der Waals surface area contributed by atoms with Crippen LogP contribution >= 0.6 is 27.3 Å². The van der Waals surface area contributed by atoms with E-state index in [0.717, 1.165) is 21.8 Å². The van der Waals surface area contributed by atoms with E-state index in [2.05, 4.69) is 20.8 Å². The highest BCUT2D eigenvalue weighted by Crippen LogP contribution is 2.23. The van der Waals surface area contributed by atoms with Crippen molar-refractivity contribution in [2.75, 3.05) is 32.7 Å². The maximum Gasteiger partial charge on any atom is 0.246 e. The number of halogens is 1. The van der Waals surface area contributed by atoms with E-state index >= 15 is 0 Å². The van der Waals surface area contributed by atoms with Crippen LogP contribution in [-0.2, 0) is 4.79 Å². The number of hydrogen-bond donors (Lipinski definition) is 1. The zero-order chi connectivity index (χ0) is 15.5. The Balaban J connectivity index is 1.82. The lowest BCUT2D eigenvalue weighted by atomic mass is 10.1. The van der Waals surface area contributed by atoms with Gasteiger partial charge >= 0.3 is 0 Å². The molecule has 1 amide bonds. The van der Waals surface area contributed by atoms with Crippen molar-refractivity contribution in [1.29, 1.82) is 0 Å². The molecular weight excluding hydrogens is 352 g/mol. The molecule has 0 aromatic carbocycles. The molecule has 2 rings (SSSR count). The molecule has 6 heteroatoms. The molecule has 0 unspecified atom stereocenters. The van der Waals surface area contributed by atoms with Crippen molar-refractivity contribution in [2.24, 2.45) is 0 Å². The van der Waals surface area contributed by atoms with Crippen LogP contribution in [0.15, 0.2) is 22.0 Å². The second-order valence-corrected chi connectivity index (χ2v) is 8.38. The Bertz CT molecular complexity index is 514. The summed E-state index contributed by atoms with van der Waals surface area (Å²) in [6.07, 6.45) is 3.50. The van der Waals surface area contributed by atoms with Crippen LogP contribution in [0.4, 0.5) is 0 Å². The summed E-state index contributed by atoms with van der Waals surface area (Å²) in [5.74, 6) is 0.0578. The fraction of sp³-hybridized carbons (Fsp3) is 0.533. The normalized spacial score (nSPS) is 17.6. The van der Waals surface area contributed by atoms with Crippen LogP contribution in [0.2, 0.25) is 0 Å². The number of rotatable bonds is 4. The average Bonchev–Trinajstić information content (AvgIpc) is 2.81. The number of aliphatic hydroxyl groups is 1. The van der Waals surface area contributed by atoms with E-state index in [0.29, 0.717) is 19.6 Å². The van der Waals surface area contributed by atoms with Gasteiger partial charge in [-0.25, -0.2) is 0 Å². The summed E-state index contributed by atoms with van der Waals surface area (Å²) in [6, 6.07) is 3.96. The second kappa shape index (κ2) is 7.05. The van der Waals surface area contributed by atoms with Gasteiger partial charge < -0.3 is 10.0 Å². The molecule has 116 valence electrons. The fourth-order valence-electron chi connectivity index (χ4n) is 2.35. The topological polar surface area (TPSA) is 43.8 Å².